The van der Waals surface area contributed by atoms with E-state index in [1.54, 1.807) is 36.4 Å². The Morgan fingerprint density at radius 3 is 1.40 bits per heavy atom. The minimum Gasteiger partial charge on any atom is -0.506 e. The number of phenolic OH excluding ortho intramolecular Hbond substituents is 2. The minimum atomic E-state index is 0. The Hall–Kier alpha value is -1.87. The van der Waals surface area contributed by atoms with E-state index in [9.17, 15) is 10.2 Å². The summed E-state index contributed by atoms with van der Waals surface area (Å²) in [7, 11) is 0. The van der Waals surface area contributed by atoms with Gasteiger partial charge in [-0.2, -0.15) is 0 Å². The van der Waals surface area contributed by atoms with E-state index in [0.717, 1.165) is 10.8 Å². The first kappa shape index (κ1) is 19.5. The molecule has 2 N–H and O–H groups in total. The molecule has 25 heavy (non-hydrogen) atoms. The number of pyridine rings is 2. The summed E-state index contributed by atoms with van der Waals surface area (Å²) in [6.07, 6.45) is 0. The molecule has 130 valence electrons. The minimum absolute atomic E-state index is 0. The molecule has 4 nitrogen and oxygen atoms in total. The molecule has 0 unspecified atom stereocenters. The van der Waals surface area contributed by atoms with Crippen LogP contribution >= 0.6 is 23.2 Å². The largest absolute Gasteiger partial charge is 0.506 e. The van der Waals surface area contributed by atoms with Crippen molar-refractivity contribution in [3.05, 3.63) is 71.0 Å². The Kier molecular flexibility index (Phi) is 6.60. The van der Waals surface area contributed by atoms with E-state index in [0.29, 0.717) is 21.3 Å². The van der Waals surface area contributed by atoms with Crippen LogP contribution in [0.3, 0.4) is 0 Å². The van der Waals surface area contributed by atoms with E-state index in [1.165, 1.54) is 0 Å². The van der Waals surface area contributed by atoms with Gasteiger partial charge in [-0.25, -0.2) is 9.97 Å². The van der Waals surface area contributed by atoms with Crippen LogP contribution in [0.4, 0.5) is 0 Å². The van der Waals surface area contributed by atoms with Crippen molar-refractivity contribution in [3.8, 4) is 11.5 Å². The summed E-state index contributed by atoms with van der Waals surface area (Å²) in [5.41, 5.74) is 1.09. The van der Waals surface area contributed by atoms with Crippen molar-refractivity contribution < 1.29 is 31.3 Å². The molecule has 4 aromatic rings. The molecular weight excluding hydrogens is 542 g/mol. The van der Waals surface area contributed by atoms with Gasteiger partial charge in [0, 0.05) is 31.8 Å². The Morgan fingerprint density at radius 1 is 0.600 bits per heavy atom. The zero-order chi connectivity index (χ0) is 17.1. The van der Waals surface area contributed by atoms with E-state index >= 15 is 0 Å². The van der Waals surface area contributed by atoms with Gasteiger partial charge >= 0.3 is 0 Å². The number of fused-ring (bicyclic) bond motifs is 2. The molecule has 4 rings (SSSR count). The van der Waals surface area contributed by atoms with Gasteiger partial charge in [0.15, 0.2) is 0 Å². The zero-order valence-electron chi connectivity index (χ0n) is 12.6. The molecule has 0 atom stereocenters. The van der Waals surface area contributed by atoms with E-state index in [2.05, 4.69) is 9.97 Å². The van der Waals surface area contributed by atoms with Gasteiger partial charge in [-0.1, -0.05) is 47.5 Å². The Balaban J connectivity index is 0.000000173. The predicted octanol–water partition coefficient (Wildman–Crippen LogP) is 5.19. The monoisotopic (exact) mass is 553 g/mol. The molecule has 2 heterocycles. The first-order chi connectivity index (χ1) is 11.5. The number of rotatable bonds is 0. The molecular formula is C18H12Cl2N2O2Pt. The molecule has 0 saturated heterocycles. The number of hydrogen-bond acceptors (Lipinski definition) is 4. The third-order valence-electron chi connectivity index (χ3n) is 3.33. The van der Waals surface area contributed by atoms with Crippen LogP contribution in [0.1, 0.15) is 0 Å². The maximum atomic E-state index is 9.37. The van der Waals surface area contributed by atoms with E-state index < -0.39 is 0 Å². The van der Waals surface area contributed by atoms with Crippen LogP contribution in [-0.4, -0.2) is 20.2 Å². The third kappa shape index (κ3) is 4.60. The molecule has 0 aliphatic carbocycles. The maximum Gasteiger partial charge on any atom is 0.141 e. The number of para-hydroxylation sites is 2. The van der Waals surface area contributed by atoms with Gasteiger partial charge in [0.25, 0.3) is 0 Å². The summed E-state index contributed by atoms with van der Waals surface area (Å²) < 4.78 is 0. The average molecular weight is 554 g/mol. The molecule has 0 bridgehead atoms. The summed E-state index contributed by atoms with van der Waals surface area (Å²) in [5.74, 6) is 0.324. The molecule has 0 saturated carbocycles. The number of aromatic hydroxyl groups is 2. The van der Waals surface area contributed by atoms with Gasteiger partial charge in [-0.3, -0.25) is 0 Å². The van der Waals surface area contributed by atoms with Crippen molar-refractivity contribution >= 4 is 45.0 Å². The van der Waals surface area contributed by atoms with Crippen LogP contribution in [0.25, 0.3) is 21.8 Å². The summed E-state index contributed by atoms with van der Waals surface area (Å²) >= 11 is 11.3. The van der Waals surface area contributed by atoms with Gasteiger partial charge in [0.1, 0.15) is 32.8 Å². The van der Waals surface area contributed by atoms with Gasteiger partial charge in [-0.05, 0) is 36.4 Å². The number of hydrogen-bond donors (Lipinski definition) is 2. The van der Waals surface area contributed by atoms with Gasteiger partial charge in [-0.15, -0.1) is 0 Å². The van der Waals surface area contributed by atoms with Crippen LogP contribution in [0.5, 0.6) is 11.5 Å². The topological polar surface area (TPSA) is 66.2 Å². The van der Waals surface area contributed by atoms with Crippen molar-refractivity contribution in [2.45, 2.75) is 0 Å². The van der Waals surface area contributed by atoms with E-state index in [4.69, 9.17) is 23.2 Å². The quantitative estimate of drug-likeness (QED) is 0.294. The van der Waals surface area contributed by atoms with E-state index in [1.807, 2.05) is 24.3 Å². The van der Waals surface area contributed by atoms with Crippen LogP contribution in [0.2, 0.25) is 10.3 Å². The summed E-state index contributed by atoms with van der Waals surface area (Å²) in [6.45, 7) is 0. The fourth-order valence-electron chi connectivity index (χ4n) is 2.22. The van der Waals surface area contributed by atoms with Crippen molar-refractivity contribution in [3.63, 3.8) is 0 Å². The fraction of sp³-hybridized carbons (Fsp3) is 0. The molecule has 0 amide bonds. The van der Waals surface area contributed by atoms with Crippen molar-refractivity contribution in [1.29, 1.82) is 0 Å². The Bertz CT molecular complexity index is 945. The number of benzene rings is 2. The number of phenols is 2. The smallest absolute Gasteiger partial charge is 0.141 e. The maximum absolute atomic E-state index is 9.37. The van der Waals surface area contributed by atoms with Crippen molar-refractivity contribution in [1.82, 2.24) is 9.97 Å². The molecule has 2 aromatic carbocycles. The van der Waals surface area contributed by atoms with Gasteiger partial charge < -0.3 is 10.2 Å². The predicted molar refractivity (Wildman–Crippen MR) is 96.8 cm³/mol. The summed E-state index contributed by atoms with van der Waals surface area (Å²) in [6, 6.07) is 17.5. The second-order valence-electron chi connectivity index (χ2n) is 4.97. The molecule has 0 fully saturated rings. The fourth-order valence-corrected chi connectivity index (χ4v) is 2.51. The molecule has 2 aromatic heterocycles. The second kappa shape index (κ2) is 8.48. The van der Waals surface area contributed by atoms with Crippen molar-refractivity contribution in [2.75, 3.05) is 0 Å². The Labute approximate surface area is 168 Å². The van der Waals surface area contributed by atoms with E-state index in [-0.39, 0.29) is 32.6 Å². The standard InChI is InChI=1S/2C9H6ClNO.Pt/c2*10-8-5-4-6-2-1-3-7(12)9(6)11-8;/h2*1-5,12H;. The summed E-state index contributed by atoms with van der Waals surface area (Å²) in [5, 5.41) is 21.3. The number of aromatic nitrogens is 2. The first-order valence-corrected chi connectivity index (χ1v) is 7.78. The van der Waals surface area contributed by atoms with Crippen LogP contribution in [0.15, 0.2) is 60.7 Å². The molecule has 0 spiro atoms. The zero-order valence-corrected chi connectivity index (χ0v) is 16.4. The van der Waals surface area contributed by atoms with Crippen LogP contribution in [-0.2, 0) is 21.1 Å². The first-order valence-electron chi connectivity index (χ1n) is 7.03. The Morgan fingerprint density at radius 2 is 1.00 bits per heavy atom. The summed E-state index contributed by atoms with van der Waals surface area (Å²) in [4.78, 5) is 7.98. The molecule has 0 aliphatic rings. The van der Waals surface area contributed by atoms with Crippen molar-refractivity contribution in [2.24, 2.45) is 0 Å². The van der Waals surface area contributed by atoms with Gasteiger partial charge in [0.05, 0.1) is 0 Å². The van der Waals surface area contributed by atoms with Gasteiger partial charge in [0.2, 0.25) is 0 Å². The van der Waals surface area contributed by atoms with Crippen LogP contribution < -0.4 is 0 Å². The van der Waals surface area contributed by atoms with Crippen LogP contribution in [0, 0.1) is 0 Å². The molecule has 0 radical (unpaired) electrons. The molecule has 7 heteroatoms. The third-order valence-corrected chi connectivity index (χ3v) is 3.75. The second-order valence-corrected chi connectivity index (χ2v) is 5.74. The molecule has 0 aliphatic heterocycles. The number of nitrogens with zero attached hydrogens (tertiary/aromatic N) is 2. The normalized spacial score (nSPS) is 10.0. The SMILES string of the molecule is Oc1cccc2ccc(Cl)nc12.Oc1cccc2ccc(Cl)nc12.[Pt]. The number of halogens is 2. The average Bonchev–Trinajstić information content (AvgIpc) is 2.57.